The van der Waals surface area contributed by atoms with Gasteiger partial charge in [0.05, 0.1) is 18.1 Å². The Morgan fingerprint density at radius 1 is 1.24 bits per heavy atom. The second kappa shape index (κ2) is 5.95. The highest BCUT2D eigenvalue weighted by atomic mass is 79.9. The van der Waals surface area contributed by atoms with Gasteiger partial charge in [0.2, 0.25) is 0 Å². The third-order valence-electron chi connectivity index (χ3n) is 3.69. The van der Waals surface area contributed by atoms with Gasteiger partial charge in [0.25, 0.3) is 0 Å². The SMILES string of the molecule is Cc1ccccc1C(C)NCc1cnc2cnc(Br)cn12. The van der Waals surface area contributed by atoms with Crippen LogP contribution < -0.4 is 5.32 Å². The minimum absolute atomic E-state index is 0.294. The Balaban J connectivity index is 1.77. The van der Waals surface area contributed by atoms with E-state index in [-0.39, 0.29) is 0 Å². The van der Waals surface area contributed by atoms with Crippen LogP contribution in [-0.4, -0.2) is 14.4 Å². The fourth-order valence-corrected chi connectivity index (χ4v) is 2.79. The van der Waals surface area contributed by atoms with Crippen LogP contribution in [0.4, 0.5) is 0 Å². The highest BCUT2D eigenvalue weighted by Gasteiger charge is 2.09. The molecule has 1 atom stereocenters. The number of hydrogen-bond donors (Lipinski definition) is 1. The van der Waals surface area contributed by atoms with E-state index in [1.54, 1.807) is 6.20 Å². The van der Waals surface area contributed by atoms with Gasteiger partial charge in [0, 0.05) is 18.8 Å². The number of imidazole rings is 1. The van der Waals surface area contributed by atoms with E-state index in [4.69, 9.17) is 0 Å². The Bertz CT molecular complexity index is 766. The molecule has 108 valence electrons. The summed E-state index contributed by atoms with van der Waals surface area (Å²) in [6.45, 7) is 5.08. The number of benzene rings is 1. The van der Waals surface area contributed by atoms with Gasteiger partial charge in [-0.05, 0) is 40.9 Å². The number of nitrogens with zero attached hydrogens (tertiary/aromatic N) is 3. The lowest BCUT2D eigenvalue weighted by molar-refractivity contribution is 0.563. The van der Waals surface area contributed by atoms with E-state index in [2.05, 4.69) is 73.7 Å². The highest BCUT2D eigenvalue weighted by molar-refractivity contribution is 9.10. The predicted octanol–water partition coefficient (Wildman–Crippen LogP) is 3.65. The van der Waals surface area contributed by atoms with E-state index >= 15 is 0 Å². The van der Waals surface area contributed by atoms with Crippen LogP contribution >= 0.6 is 15.9 Å². The second-order valence-corrected chi connectivity index (χ2v) is 5.96. The van der Waals surface area contributed by atoms with Crippen molar-refractivity contribution in [2.75, 3.05) is 0 Å². The van der Waals surface area contributed by atoms with Crippen molar-refractivity contribution >= 4 is 21.6 Å². The molecule has 0 fully saturated rings. The molecule has 0 radical (unpaired) electrons. The maximum atomic E-state index is 4.37. The molecule has 2 aromatic heterocycles. The lowest BCUT2D eigenvalue weighted by Gasteiger charge is -2.16. The molecule has 1 unspecified atom stereocenters. The Labute approximate surface area is 132 Å². The monoisotopic (exact) mass is 344 g/mol. The first kappa shape index (κ1) is 14.2. The average molecular weight is 345 g/mol. The summed E-state index contributed by atoms with van der Waals surface area (Å²) in [6.07, 6.45) is 5.59. The maximum Gasteiger partial charge on any atom is 0.155 e. The van der Waals surface area contributed by atoms with Crippen LogP contribution in [0.25, 0.3) is 5.65 Å². The molecule has 2 heterocycles. The number of rotatable bonds is 4. The summed E-state index contributed by atoms with van der Waals surface area (Å²) in [7, 11) is 0. The fourth-order valence-electron chi connectivity index (χ4n) is 2.49. The molecule has 5 heteroatoms. The molecule has 0 amide bonds. The lowest BCUT2D eigenvalue weighted by Crippen LogP contribution is -2.19. The van der Waals surface area contributed by atoms with Gasteiger partial charge >= 0.3 is 0 Å². The molecule has 21 heavy (non-hydrogen) atoms. The first-order valence-electron chi connectivity index (χ1n) is 6.91. The predicted molar refractivity (Wildman–Crippen MR) is 87.1 cm³/mol. The Kier molecular flexibility index (Phi) is 4.03. The Morgan fingerprint density at radius 3 is 2.86 bits per heavy atom. The summed E-state index contributed by atoms with van der Waals surface area (Å²) in [5, 5.41) is 3.56. The molecule has 0 aliphatic carbocycles. The first-order valence-corrected chi connectivity index (χ1v) is 7.71. The summed E-state index contributed by atoms with van der Waals surface area (Å²) in [5.41, 5.74) is 4.61. The van der Waals surface area contributed by atoms with Crippen molar-refractivity contribution in [3.63, 3.8) is 0 Å². The van der Waals surface area contributed by atoms with Gasteiger partial charge in [-0.3, -0.25) is 4.40 Å². The summed E-state index contributed by atoms with van der Waals surface area (Å²) in [4.78, 5) is 8.56. The van der Waals surface area contributed by atoms with E-state index in [1.165, 1.54) is 11.1 Å². The van der Waals surface area contributed by atoms with Crippen LogP contribution in [-0.2, 0) is 6.54 Å². The molecule has 1 aromatic carbocycles. The Morgan fingerprint density at radius 2 is 2.05 bits per heavy atom. The topological polar surface area (TPSA) is 42.2 Å². The molecule has 3 rings (SSSR count). The van der Waals surface area contributed by atoms with Gasteiger partial charge in [-0.15, -0.1) is 0 Å². The minimum Gasteiger partial charge on any atom is -0.305 e. The molecule has 0 saturated heterocycles. The van der Waals surface area contributed by atoms with Gasteiger partial charge in [-0.1, -0.05) is 24.3 Å². The third-order valence-corrected chi connectivity index (χ3v) is 4.09. The number of nitrogens with one attached hydrogen (secondary N) is 1. The van der Waals surface area contributed by atoms with Crippen LogP contribution in [0.2, 0.25) is 0 Å². The van der Waals surface area contributed by atoms with Crippen LogP contribution in [0.3, 0.4) is 0 Å². The van der Waals surface area contributed by atoms with Crippen LogP contribution in [0.5, 0.6) is 0 Å². The maximum absolute atomic E-state index is 4.37. The van der Waals surface area contributed by atoms with Crippen LogP contribution in [0.15, 0.2) is 47.5 Å². The number of aryl methyl sites for hydroxylation is 1. The van der Waals surface area contributed by atoms with Gasteiger partial charge < -0.3 is 5.32 Å². The standard InChI is InChI=1S/C16H17BrN4/c1-11-5-3-4-6-14(11)12(2)18-7-13-8-20-16-9-19-15(17)10-21(13)16/h3-6,8-10,12,18H,7H2,1-2H3. The summed E-state index contributed by atoms with van der Waals surface area (Å²) in [5.74, 6) is 0. The molecule has 0 saturated carbocycles. The van der Waals surface area contributed by atoms with E-state index < -0.39 is 0 Å². The molecule has 0 aliphatic rings. The van der Waals surface area contributed by atoms with Crippen molar-refractivity contribution < 1.29 is 0 Å². The van der Waals surface area contributed by atoms with Gasteiger partial charge in [-0.2, -0.15) is 0 Å². The zero-order valence-electron chi connectivity index (χ0n) is 12.0. The number of halogens is 1. The lowest BCUT2D eigenvalue weighted by atomic mass is 10.0. The largest absolute Gasteiger partial charge is 0.305 e. The molecule has 0 bridgehead atoms. The van der Waals surface area contributed by atoms with Gasteiger partial charge in [0.15, 0.2) is 5.65 Å². The van der Waals surface area contributed by atoms with E-state index in [9.17, 15) is 0 Å². The van der Waals surface area contributed by atoms with Crippen molar-refractivity contribution in [3.8, 4) is 0 Å². The molecule has 0 spiro atoms. The van der Waals surface area contributed by atoms with Crippen molar-refractivity contribution in [1.82, 2.24) is 19.7 Å². The number of aromatic nitrogens is 3. The smallest absolute Gasteiger partial charge is 0.155 e. The zero-order valence-corrected chi connectivity index (χ0v) is 13.6. The molecule has 3 aromatic rings. The van der Waals surface area contributed by atoms with Crippen molar-refractivity contribution in [3.05, 3.63) is 64.3 Å². The summed E-state index contributed by atoms with van der Waals surface area (Å²) in [6, 6.07) is 8.76. The highest BCUT2D eigenvalue weighted by Crippen LogP contribution is 2.17. The molecule has 1 N–H and O–H groups in total. The van der Waals surface area contributed by atoms with Gasteiger partial charge in [0.1, 0.15) is 4.60 Å². The van der Waals surface area contributed by atoms with E-state index in [0.29, 0.717) is 6.04 Å². The molecule has 0 aliphatic heterocycles. The molecular weight excluding hydrogens is 328 g/mol. The average Bonchev–Trinajstić information content (AvgIpc) is 2.87. The second-order valence-electron chi connectivity index (χ2n) is 5.15. The van der Waals surface area contributed by atoms with Crippen molar-refractivity contribution in [2.24, 2.45) is 0 Å². The van der Waals surface area contributed by atoms with E-state index in [1.807, 2.05) is 12.4 Å². The molecule has 4 nitrogen and oxygen atoms in total. The third kappa shape index (κ3) is 2.99. The van der Waals surface area contributed by atoms with Crippen LogP contribution in [0.1, 0.15) is 29.8 Å². The minimum atomic E-state index is 0.294. The van der Waals surface area contributed by atoms with Gasteiger partial charge in [-0.25, -0.2) is 9.97 Å². The van der Waals surface area contributed by atoms with Crippen molar-refractivity contribution in [1.29, 1.82) is 0 Å². The van der Waals surface area contributed by atoms with Crippen molar-refractivity contribution in [2.45, 2.75) is 26.4 Å². The zero-order chi connectivity index (χ0) is 14.8. The quantitative estimate of drug-likeness (QED) is 0.785. The first-order chi connectivity index (χ1) is 10.1. The number of fused-ring (bicyclic) bond motifs is 1. The summed E-state index contributed by atoms with van der Waals surface area (Å²) >= 11 is 3.40. The normalized spacial score (nSPS) is 12.7. The Hall–Kier alpha value is -1.72. The number of hydrogen-bond acceptors (Lipinski definition) is 3. The van der Waals surface area contributed by atoms with Crippen LogP contribution in [0, 0.1) is 6.92 Å². The fraction of sp³-hybridized carbons (Fsp3) is 0.250. The molecular formula is C16H17BrN4. The van der Waals surface area contributed by atoms with E-state index in [0.717, 1.165) is 22.5 Å². The summed E-state index contributed by atoms with van der Waals surface area (Å²) < 4.78 is 2.86.